The molecule has 0 spiro atoms. The topological polar surface area (TPSA) is 151 Å². The molecule has 1 aliphatic rings. The van der Waals surface area contributed by atoms with E-state index < -0.39 is 0 Å². The molecule has 34 heavy (non-hydrogen) atoms. The Kier molecular flexibility index (Phi) is 4.51. The number of benzene rings is 3. The molecule has 1 atom stereocenters. The molecule has 1 aliphatic heterocycles. The van der Waals surface area contributed by atoms with Gasteiger partial charge in [0, 0.05) is 23.1 Å². The van der Waals surface area contributed by atoms with Crippen LogP contribution in [0.1, 0.15) is 18.4 Å². The Bertz CT molecular complexity index is 1530. The Labute approximate surface area is 193 Å². The average molecular weight is 452 g/mol. The van der Waals surface area contributed by atoms with Crippen LogP contribution in [0, 0.1) is 0 Å². The maximum Gasteiger partial charge on any atom is 0.222 e. The first-order chi connectivity index (χ1) is 16.6. The maximum absolute atomic E-state index is 6.38. The molecule has 0 fully saturated rings. The van der Waals surface area contributed by atoms with Gasteiger partial charge in [-0.25, -0.2) is 4.98 Å². The number of nitrogen functional groups attached to an aromatic ring is 2. The number of tetrazole rings is 1. The molecule has 0 saturated heterocycles. The summed E-state index contributed by atoms with van der Waals surface area (Å²) in [6.45, 7) is 2.61. The highest BCUT2D eigenvalue weighted by molar-refractivity contribution is 5.97. The van der Waals surface area contributed by atoms with Crippen molar-refractivity contribution in [3.05, 3.63) is 60.2 Å². The Morgan fingerprint density at radius 2 is 1.79 bits per heavy atom. The van der Waals surface area contributed by atoms with Crippen LogP contribution in [0.4, 0.5) is 11.8 Å². The number of hydrogen-bond donors (Lipinski definition) is 3. The van der Waals surface area contributed by atoms with E-state index in [-0.39, 0.29) is 11.9 Å². The molecular weight excluding hydrogens is 432 g/mol. The molecule has 168 valence electrons. The van der Waals surface area contributed by atoms with E-state index >= 15 is 0 Å². The molecule has 5 aromatic rings. The normalized spacial score (nSPS) is 14.7. The molecule has 5 N–H and O–H groups in total. The number of fused-ring (bicyclic) bond motifs is 3. The summed E-state index contributed by atoms with van der Waals surface area (Å²) in [4.78, 5) is 8.45. The fourth-order valence-electron chi connectivity index (χ4n) is 4.28. The summed E-state index contributed by atoms with van der Waals surface area (Å²) < 4.78 is 12.3. The zero-order chi connectivity index (χ0) is 23.2. The molecule has 0 bridgehead atoms. The number of aromatic amines is 1. The van der Waals surface area contributed by atoms with Gasteiger partial charge in [0.25, 0.3) is 0 Å². The van der Waals surface area contributed by atoms with Gasteiger partial charge in [-0.1, -0.05) is 37.3 Å². The lowest BCUT2D eigenvalue weighted by Gasteiger charge is -2.15. The zero-order valence-electron chi connectivity index (χ0n) is 18.2. The molecule has 10 nitrogen and oxygen atoms in total. The predicted octanol–water partition coefficient (Wildman–Crippen LogP) is 3.93. The van der Waals surface area contributed by atoms with Crippen LogP contribution in [-0.4, -0.2) is 37.2 Å². The lowest BCUT2D eigenvalue weighted by Crippen LogP contribution is -2.02. The van der Waals surface area contributed by atoms with Crippen molar-refractivity contribution in [1.29, 1.82) is 0 Å². The van der Waals surface area contributed by atoms with Crippen LogP contribution < -0.4 is 20.9 Å². The molecule has 1 unspecified atom stereocenters. The van der Waals surface area contributed by atoms with E-state index in [0.717, 1.165) is 22.3 Å². The van der Waals surface area contributed by atoms with Crippen LogP contribution in [-0.2, 0) is 0 Å². The molecule has 3 heterocycles. The lowest BCUT2D eigenvalue weighted by molar-refractivity contribution is 0.340. The fraction of sp³-hybridized carbons (Fsp3) is 0.125. The number of H-pyrrole nitrogens is 1. The van der Waals surface area contributed by atoms with Gasteiger partial charge in [-0.3, -0.25) is 0 Å². The molecule has 6 rings (SSSR count). The van der Waals surface area contributed by atoms with Gasteiger partial charge in [0.2, 0.25) is 11.8 Å². The number of nitrogens with one attached hydrogen (secondary N) is 1. The second-order valence-electron chi connectivity index (χ2n) is 8.14. The van der Waals surface area contributed by atoms with Crippen molar-refractivity contribution in [2.24, 2.45) is 0 Å². The minimum Gasteiger partial charge on any atom is -0.492 e. The Morgan fingerprint density at radius 1 is 1.00 bits per heavy atom. The van der Waals surface area contributed by atoms with Crippen molar-refractivity contribution in [1.82, 2.24) is 30.6 Å². The van der Waals surface area contributed by atoms with Crippen molar-refractivity contribution in [2.45, 2.75) is 12.8 Å². The van der Waals surface area contributed by atoms with Crippen LogP contribution in [0.2, 0.25) is 0 Å². The highest BCUT2D eigenvalue weighted by Crippen LogP contribution is 2.48. The maximum atomic E-state index is 6.38. The Morgan fingerprint density at radius 3 is 2.62 bits per heavy atom. The van der Waals surface area contributed by atoms with Gasteiger partial charge in [0.05, 0.1) is 17.5 Å². The van der Waals surface area contributed by atoms with E-state index in [2.05, 4.69) is 37.5 Å². The highest BCUT2D eigenvalue weighted by Gasteiger charge is 2.29. The smallest absolute Gasteiger partial charge is 0.222 e. The third-order valence-corrected chi connectivity index (χ3v) is 5.82. The number of rotatable bonds is 4. The summed E-state index contributed by atoms with van der Waals surface area (Å²) in [7, 11) is 0. The molecule has 0 saturated carbocycles. The monoisotopic (exact) mass is 452 g/mol. The number of anilines is 2. The van der Waals surface area contributed by atoms with E-state index in [0.29, 0.717) is 46.4 Å². The van der Waals surface area contributed by atoms with Gasteiger partial charge < -0.3 is 20.9 Å². The summed E-state index contributed by atoms with van der Waals surface area (Å²) in [5, 5.41) is 14.9. The molecule has 10 heteroatoms. The Balaban J connectivity index is 1.41. The molecule has 3 aromatic carbocycles. The average Bonchev–Trinajstić information content (AvgIpc) is 3.50. The largest absolute Gasteiger partial charge is 0.492 e. The minimum absolute atomic E-state index is 0.102. The van der Waals surface area contributed by atoms with Gasteiger partial charge in [-0.2, -0.15) is 10.2 Å². The predicted molar refractivity (Wildman–Crippen MR) is 127 cm³/mol. The number of nitrogens with zero attached hydrogens (tertiary/aromatic N) is 5. The summed E-state index contributed by atoms with van der Waals surface area (Å²) in [5.74, 6) is 3.05. The van der Waals surface area contributed by atoms with Crippen LogP contribution in [0.15, 0.2) is 54.6 Å². The van der Waals surface area contributed by atoms with Crippen molar-refractivity contribution in [3.63, 3.8) is 0 Å². The van der Waals surface area contributed by atoms with Gasteiger partial charge in [0.1, 0.15) is 23.1 Å². The van der Waals surface area contributed by atoms with E-state index in [4.69, 9.17) is 20.9 Å². The summed E-state index contributed by atoms with van der Waals surface area (Å²) in [6.07, 6.45) is 0. The van der Waals surface area contributed by atoms with Gasteiger partial charge in [-0.05, 0) is 34.5 Å². The third kappa shape index (κ3) is 3.32. The Hall–Kier alpha value is -4.73. The van der Waals surface area contributed by atoms with E-state index in [9.17, 15) is 0 Å². The summed E-state index contributed by atoms with van der Waals surface area (Å²) in [5.41, 5.74) is 16.4. The number of hydrogen-bond acceptors (Lipinski definition) is 9. The fourth-order valence-corrected chi connectivity index (χ4v) is 4.28. The second kappa shape index (κ2) is 7.69. The van der Waals surface area contributed by atoms with Gasteiger partial charge >= 0.3 is 0 Å². The van der Waals surface area contributed by atoms with Crippen molar-refractivity contribution in [2.75, 3.05) is 18.1 Å². The second-order valence-corrected chi connectivity index (χ2v) is 8.14. The van der Waals surface area contributed by atoms with Crippen LogP contribution in [0.3, 0.4) is 0 Å². The van der Waals surface area contributed by atoms with Crippen molar-refractivity contribution >= 4 is 22.7 Å². The SMILES string of the molecule is CC1COc2c1c(Oc1cccc(-c3cccc(-c4nn[nH]n4)c3)c1)cc1nc(N)nc(N)c21. The van der Waals surface area contributed by atoms with Gasteiger partial charge in [0.15, 0.2) is 0 Å². The van der Waals surface area contributed by atoms with Crippen LogP contribution >= 0.6 is 0 Å². The van der Waals surface area contributed by atoms with Crippen LogP contribution in [0.25, 0.3) is 33.4 Å². The van der Waals surface area contributed by atoms with Gasteiger partial charge in [-0.15, -0.1) is 10.2 Å². The first-order valence-electron chi connectivity index (χ1n) is 10.7. The molecular formula is C24H20N8O2. The molecule has 0 radical (unpaired) electrons. The van der Waals surface area contributed by atoms with Crippen molar-refractivity contribution in [3.8, 4) is 39.8 Å². The number of ether oxygens (including phenoxy) is 2. The summed E-state index contributed by atoms with van der Waals surface area (Å²) in [6, 6.07) is 17.6. The van der Waals surface area contributed by atoms with E-state index in [1.807, 2.05) is 54.6 Å². The minimum atomic E-state index is 0.102. The zero-order valence-corrected chi connectivity index (χ0v) is 18.2. The lowest BCUT2D eigenvalue weighted by atomic mass is 9.99. The van der Waals surface area contributed by atoms with E-state index in [1.54, 1.807) is 0 Å². The number of aromatic nitrogens is 6. The first-order valence-corrected chi connectivity index (χ1v) is 10.7. The standard InChI is InChI=1S/C24H20N8O2/c1-12-11-33-21-19(12)18(10-17-20(21)22(25)28-24(26)27-17)34-16-7-3-5-14(9-16)13-4-2-6-15(8-13)23-29-31-32-30-23/h2-10,12H,11H2,1H3,(H4,25,26,27,28)(H,29,30,31,32). The first kappa shape index (κ1) is 19.9. The molecule has 0 amide bonds. The van der Waals surface area contributed by atoms with Crippen molar-refractivity contribution < 1.29 is 9.47 Å². The molecule has 2 aromatic heterocycles. The van der Waals surface area contributed by atoms with E-state index in [1.165, 1.54) is 0 Å². The number of nitrogens with two attached hydrogens (primary N) is 2. The summed E-state index contributed by atoms with van der Waals surface area (Å²) >= 11 is 0. The highest BCUT2D eigenvalue weighted by atomic mass is 16.5. The third-order valence-electron chi connectivity index (χ3n) is 5.82. The quantitative estimate of drug-likeness (QED) is 0.368. The van der Waals surface area contributed by atoms with Crippen LogP contribution in [0.5, 0.6) is 17.2 Å². The molecule has 0 aliphatic carbocycles.